The molecule has 3 nitrogen and oxygen atoms in total. The van der Waals surface area contributed by atoms with Gasteiger partial charge in [0, 0.05) is 16.8 Å². The lowest BCUT2D eigenvalue weighted by Gasteiger charge is -2.17. The van der Waals surface area contributed by atoms with Crippen LogP contribution in [0.25, 0.3) is 0 Å². The zero-order valence-corrected chi connectivity index (χ0v) is 11.6. The van der Waals surface area contributed by atoms with Crippen LogP contribution < -0.4 is 4.90 Å². The number of nitrogens with zero attached hydrogens (tertiary/aromatic N) is 1. The summed E-state index contributed by atoms with van der Waals surface area (Å²) in [7, 11) is 0. The Morgan fingerprint density at radius 3 is 2.76 bits per heavy atom. The molecular formula is C12H11BrClNO2. The Morgan fingerprint density at radius 2 is 2.18 bits per heavy atom. The second-order valence-electron chi connectivity index (χ2n) is 4.05. The van der Waals surface area contributed by atoms with E-state index in [9.17, 15) is 9.59 Å². The van der Waals surface area contributed by atoms with Crippen molar-refractivity contribution in [3.63, 3.8) is 0 Å². The molecule has 0 saturated carbocycles. The number of alkyl halides is 1. The summed E-state index contributed by atoms with van der Waals surface area (Å²) in [4.78, 5) is 25.1. The maximum Gasteiger partial charge on any atom is 0.238 e. The Labute approximate surface area is 113 Å². The molecule has 0 spiro atoms. The molecule has 1 aliphatic rings. The van der Waals surface area contributed by atoms with Gasteiger partial charge >= 0.3 is 0 Å². The van der Waals surface area contributed by atoms with Crippen molar-refractivity contribution in [2.75, 3.05) is 10.2 Å². The van der Waals surface area contributed by atoms with Gasteiger partial charge in [-0.2, -0.15) is 0 Å². The fourth-order valence-electron chi connectivity index (χ4n) is 1.89. The van der Waals surface area contributed by atoms with E-state index in [1.165, 1.54) is 4.90 Å². The number of rotatable bonds is 2. The average molecular weight is 317 g/mol. The quantitative estimate of drug-likeness (QED) is 0.621. The first kappa shape index (κ1) is 12.6. The van der Waals surface area contributed by atoms with E-state index in [-0.39, 0.29) is 24.2 Å². The third-order valence-electron chi connectivity index (χ3n) is 2.84. The molecule has 90 valence electrons. The maximum atomic E-state index is 12.0. The number of hydrogen-bond acceptors (Lipinski definition) is 2. The Hall–Kier alpha value is -0.870. The molecular weight excluding hydrogens is 305 g/mol. The molecule has 2 rings (SSSR count). The summed E-state index contributed by atoms with van der Waals surface area (Å²) in [5.74, 6) is -0.581. The van der Waals surface area contributed by atoms with Gasteiger partial charge in [-0.1, -0.05) is 33.6 Å². The summed E-state index contributed by atoms with van der Waals surface area (Å²) in [6.07, 6.45) is 0.260. The molecule has 1 atom stereocenters. The van der Waals surface area contributed by atoms with E-state index in [1.807, 2.05) is 6.92 Å². The van der Waals surface area contributed by atoms with E-state index in [4.69, 9.17) is 11.6 Å². The third kappa shape index (κ3) is 2.24. The van der Waals surface area contributed by atoms with Crippen LogP contribution in [0.5, 0.6) is 0 Å². The van der Waals surface area contributed by atoms with Gasteiger partial charge in [0.2, 0.25) is 11.8 Å². The van der Waals surface area contributed by atoms with Gasteiger partial charge in [-0.15, -0.1) is 0 Å². The monoisotopic (exact) mass is 315 g/mol. The highest BCUT2D eigenvalue weighted by Gasteiger charge is 2.39. The van der Waals surface area contributed by atoms with Gasteiger partial charge in [-0.25, -0.2) is 4.90 Å². The molecule has 1 fully saturated rings. The van der Waals surface area contributed by atoms with Crippen LogP contribution in [-0.4, -0.2) is 17.1 Å². The number of aryl methyl sites for hydroxylation is 1. The topological polar surface area (TPSA) is 37.4 Å². The van der Waals surface area contributed by atoms with E-state index in [0.717, 1.165) is 5.56 Å². The number of carbonyl (C=O) groups excluding carboxylic acids is 2. The molecule has 1 aliphatic heterocycles. The molecule has 1 unspecified atom stereocenters. The number of imide groups is 1. The average Bonchev–Trinajstić information content (AvgIpc) is 2.58. The highest BCUT2D eigenvalue weighted by atomic mass is 79.9. The molecule has 1 aromatic carbocycles. The number of anilines is 1. The second kappa shape index (κ2) is 4.78. The van der Waals surface area contributed by atoms with E-state index in [2.05, 4.69) is 15.9 Å². The van der Waals surface area contributed by atoms with Crippen molar-refractivity contribution < 1.29 is 9.59 Å². The Kier molecular flexibility index (Phi) is 3.54. The van der Waals surface area contributed by atoms with Crippen molar-refractivity contribution in [2.45, 2.75) is 13.3 Å². The largest absolute Gasteiger partial charge is 0.274 e. The van der Waals surface area contributed by atoms with Crippen molar-refractivity contribution in [1.82, 2.24) is 0 Å². The van der Waals surface area contributed by atoms with Gasteiger partial charge in [0.25, 0.3) is 0 Å². The van der Waals surface area contributed by atoms with Gasteiger partial charge in [-0.05, 0) is 24.6 Å². The van der Waals surface area contributed by atoms with E-state index >= 15 is 0 Å². The molecule has 2 amide bonds. The van der Waals surface area contributed by atoms with Crippen LogP contribution in [0, 0.1) is 12.8 Å². The first-order valence-electron chi connectivity index (χ1n) is 5.23. The minimum Gasteiger partial charge on any atom is -0.274 e. The molecule has 0 aromatic heterocycles. The summed E-state index contributed by atoms with van der Waals surface area (Å²) in [5, 5.41) is 1.03. The van der Waals surface area contributed by atoms with E-state index in [0.29, 0.717) is 16.0 Å². The van der Waals surface area contributed by atoms with Gasteiger partial charge < -0.3 is 0 Å². The van der Waals surface area contributed by atoms with Crippen LogP contribution in [0.4, 0.5) is 5.69 Å². The highest BCUT2D eigenvalue weighted by Crippen LogP contribution is 2.31. The number of benzene rings is 1. The van der Waals surface area contributed by atoms with Crippen LogP contribution in [-0.2, 0) is 9.59 Å². The first-order valence-corrected chi connectivity index (χ1v) is 6.73. The summed E-state index contributed by atoms with van der Waals surface area (Å²) < 4.78 is 0. The molecule has 0 aliphatic carbocycles. The fraction of sp³-hybridized carbons (Fsp3) is 0.333. The lowest BCUT2D eigenvalue weighted by molar-refractivity contribution is -0.122. The second-order valence-corrected chi connectivity index (χ2v) is 5.14. The van der Waals surface area contributed by atoms with Crippen LogP contribution in [0.3, 0.4) is 0 Å². The molecule has 1 aromatic rings. The zero-order valence-electron chi connectivity index (χ0n) is 9.24. The predicted octanol–water partition coefficient (Wildman–Crippen LogP) is 2.92. The van der Waals surface area contributed by atoms with Crippen LogP contribution in [0.1, 0.15) is 12.0 Å². The Morgan fingerprint density at radius 1 is 1.47 bits per heavy atom. The molecule has 17 heavy (non-hydrogen) atoms. The van der Waals surface area contributed by atoms with Crippen LogP contribution in [0.15, 0.2) is 18.2 Å². The number of amides is 2. The minimum absolute atomic E-state index is 0.155. The van der Waals surface area contributed by atoms with Crippen LogP contribution in [0.2, 0.25) is 5.02 Å². The third-order valence-corrected chi connectivity index (χ3v) is 3.86. The van der Waals surface area contributed by atoms with Gasteiger partial charge in [0.05, 0.1) is 11.6 Å². The maximum absolute atomic E-state index is 12.0. The molecule has 0 N–H and O–H groups in total. The van der Waals surface area contributed by atoms with Crippen LogP contribution >= 0.6 is 27.5 Å². The highest BCUT2D eigenvalue weighted by molar-refractivity contribution is 9.09. The molecule has 1 saturated heterocycles. The van der Waals surface area contributed by atoms with Crippen molar-refractivity contribution >= 4 is 45.0 Å². The van der Waals surface area contributed by atoms with Gasteiger partial charge in [0.1, 0.15) is 0 Å². The Balaban J connectivity index is 2.43. The summed E-state index contributed by atoms with van der Waals surface area (Å²) >= 11 is 9.15. The van der Waals surface area contributed by atoms with Crippen molar-refractivity contribution in [3.8, 4) is 0 Å². The lowest BCUT2D eigenvalue weighted by atomic mass is 10.1. The summed E-state index contributed by atoms with van der Waals surface area (Å²) in [6.45, 7) is 1.85. The van der Waals surface area contributed by atoms with Gasteiger partial charge in [-0.3, -0.25) is 9.59 Å². The summed E-state index contributed by atoms with van der Waals surface area (Å²) in [6, 6.07) is 5.20. The van der Waals surface area contributed by atoms with Crippen molar-refractivity contribution in [3.05, 3.63) is 28.8 Å². The lowest BCUT2D eigenvalue weighted by Crippen LogP contribution is -2.31. The van der Waals surface area contributed by atoms with Gasteiger partial charge in [0.15, 0.2) is 0 Å². The van der Waals surface area contributed by atoms with Crippen molar-refractivity contribution in [1.29, 1.82) is 0 Å². The van der Waals surface area contributed by atoms with Crippen molar-refractivity contribution in [2.24, 2.45) is 5.92 Å². The summed E-state index contributed by atoms with van der Waals surface area (Å²) in [5.41, 5.74) is 1.46. The minimum atomic E-state index is -0.263. The standard InChI is InChI=1S/C12H11BrClNO2/c1-7-2-3-9(14)5-10(7)15-11(16)4-8(6-13)12(15)17/h2-3,5,8H,4,6H2,1H3. The molecule has 0 radical (unpaired) electrons. The first-order chi connectivity index (χ1) is 8.04. The Bertz CT molecular complexity index is 489. The number of carbonyl (C=O) groups is 2. The van der Waals surface area contributed by atoms with E-state index < -0.39 is 0 Å². The normalized spacial score (nSPS) is 20.2. The SMILES string of the molecule is Cc1ccc(Cl)cc1N1C(=O)CC(CBr)C1=O. The number of hydrogen-bond donors (Lipinski definition) is 0. The molecule has 0 bridgehead atoms. The van der Waals surface area contributed by atoms with E-state index in [1.54, 1.807) is 18.2 Å². The predicted molar refractivity (Wildman–Crippen MR) is 70.6 cm³/mol. The zero-order chi connectivity index (χ0) is 12.6. The number of halogens is 2. The fourth-order valence-corrected chi connectivity index (χ4v) is 2.56. The molecule has 1 heterocycles. The molecule has 5 heteroatoms. The smallest absolute Gasteiger partial charge is 0.238 e.